The molecular formula is C13H14N4O3. The van der Waals surface area contributed by atoms with E-state index in [-0.39, 0.29) is 17.2 Å². The van der Waals surface area contributed by atoms with Crippen LogP contribution in [0.4, 0.5) is 11.4 Å². The smallest absolute Gasteiger partial charge is 0.257 e. The molecule has 0 unspecified atom stereocenters. The van der Waals surface area contributed by atoms with Gasteiger partial charge in [-0.15, -0.1) is 0 Å². The van der Waals surface area contributed by atoms with Crippen molar-refractivity contribution < 1.29 is 14.3 Å². The minimum absolute atomic E-state index is 0.284. The number of nitrogens with two attached hydrogens (primary N) is 1. The van der Waals surface area contributed by atoms with Crippen LogP contribution in [0.2, 0.25) is 0 Å². The van der Waals surface area contributed by atoms with Crippen molar-refractivity contribution >= 4 is 17.3 Å². The van der Waals surface area contributed by atoms with Crippen molar-refractivity contribution in [3.8, 4) is 11.5 Å². The molecule has 0 atom stereocenters. The van der Waals surface area contributed by atoms with Gasteiger partial charge in [-0.3, -0.25) is 4.79 Å². The first-order valence-electron chi connectivity index (χ1n) is 5.73. The number of ether oxygens (including phenoxy) is 2. The van der Waals surface area contributed by atoms with Gasteiger partial charge in [0.1, 0.15) is 6.33 Å². The topological polar surface area (TPSA) is 99.4 Å². The van der Waals surface area contributed by atoms with Gasteiger partial charge in [-0.1, -0.05) is 0 Å². The predicted molar refractivity (Wildman–Crippen MR) is 73.9 cm³/mol. The van der Waals surface area contributed by atoms with E-state index in [9.17, 15) is 4.79 Å². The monoisotopic (exact) mass is 274 g/mol. The molecule has 7 nitrogen and oxygen atoms in total. The van der Waals surface area contributed by atoms with Gasteiger partial charge < -0.3 is 20.5 Å². The Kier molecular flexibility index (Phi) is 3.99. The summed E-state index contributed by atoms with van der Waals surface area (Å²) in [6.45, 7) is 0. The minimum Gasteiger partial charge on any atom is -0.493 e. The Morgan fingerprint density at radius 3 is 2.35 bits per heavy atom. The second-order valence-electron chi connectivity index (χ2n) is 3.88. The van der Waals surface area contributed by atoms with Gasteiger partial charge in [0, 0.05) is 11.8 Å². The maximum absolute atomic E-state index is 12.2. The van der Waals surface area contributed by atoms with Crippen LogP contribution in [0.25, 0.3) is 0 Å². The van der Waals surface area contributed by atoms with Crippen LogP contribution in [-0.4, -0.2) is 30.1 Å². The number of anilines is 2. The van der Waals surface area contributed by atoms with Crippen LogP contribution in [-0.2, 0) is 0 Å². The van der Waals surface area contributed by atoms with Crippen LogP contribution < -0.4 is 20.5 Å². The number of amides is 1. The predicted octanol–water partition coefficient (Wildman–Crippen LogP) is 1.33. The number of hydrogen-bond donors (Lipinski definition) is 2. The third-order valence-electron chi connectivity index (χ3n) is 2.62. The zero-order valence-electron chi connectivity index (χ0n) is 11.1. The van der Waals surface area contributed by atoms with Gasteiger partial charge in [-0.2, -0.15) is 0 Å². The highest BCUT2D eigenvalue weighted by molar-refractivity contribution is 6.08. The summed E-state index contributed by atoms with van der Waals surface area (Å²) in [5.74, 6) is 0.513. The highest BCUT2D eigenvalue weighted by Gasteiger charge is 2.15. The molecule has 0 aliphatic carbocycles. The molecule has 2 rings (SSSR count). The average molecular weight is 274 g/mol. The van der Waals surface area contributed by atoms with Crippen molar-refractivity contribution in [1.29, 1.82) is 0 Å². The second-order valence-corrected chi connectivity index (χ2v) is 3.88. The lowest BCUT2D eigenvalue weighted by Crippen LogP contribution is -2.14. The summed E-state index contributed by atoms with van der Waals surface area (Å²) in [7, 11) is 2.99. The van der Waals surface area contributed by atoms with Crippen molar-refractivity contribution in [1.82, 2.24) is 9.97 Å². The molecule has 2 aromatic rings. The number of carbonyl (C=O) groups excluding carboxylic acids is 1. The Balaban J connectivity index is 2.30. The van der Waals surface area contributed by atoms with E-state index in [0.29, 0.717) is 17.2 Å². The number of methoxy groups -OCH3 is 2. The molecular weight excluding hydrogens is 260 g/mol. The first-order chi connectivity index (χ1) is 9.65. The van der Waals surface area contributed by atoms with Gasteiger partial charge in [-0.05, 0) is 6.07 Å². The highest BCUT2D eigenvalue weighted by atomic mass is 16.5. The summed E-state index contributed by atoms with van der Waals surface area (Å²) in [6.07, 6.45) is 4.35. The molecule has 0 saturated carbocycles. The fourth-order valence-corrected chi connectivity index (χ4v) is 1.65. The molecule has 1 heterocycles. The standard InChI is InChI=1S/C13H14N4O3/c1-19-11-3-9(10(14)4-12(11)20-2)13(18)17-8-5-15-7-16-6-8/h3-7H,14H2,1-2H3,(H,17,18). The number of benzene rings is 1. The van der Waals surface area contributed by atoms with Gasteiger partial charge in [-0.25, -0.2) is 9.97 Å². The Morgan fingerprint density at radius 1 is 1.15 bits per heavy atom. The van der Waals surface area contributed by atoms with E-state index in [1.807, 2.05) is 0 Å². The van der Waals surface area contributed by atoms with E-state index in [0.717, 1.165) is 0 Å². The third kappa shape index (κ3) is 2.77. The Bertz CT molecular complexity index is 617. The van der Waals surface area contributed by atoms with Crippen molar-refractivity contribution in [3.63, 3.8) is 0 Å². The fraction of sp³-hybridized carbons (Fsp3) is 0.154. The maximum Gasteiger partial charge on any atom is 0.257 e. The van der Waals surface area contributed by atoms with Crippen molar-refractivity contribution in [3.05, 3.63) is 36.4 Å². The lowest BCUT2D eigenvalue weighted by atomic mass is 10.1. The Hall–Kier alpha value is -2.83. The molecule has 0 radical (unpaired) electrons. The zero-order chi connectivity index (χ0) is 14.5. The molecule has 0 saturated heterocycles. The zero-order valence-corrected chi connectivity index (χ0v) is 11.1. The number of nitrogens with one attached hydrogen (secondary N) is 1. The molecule has 0 bridgehead atoms. The molecule has 0 spiro atoms. The number of carbonyl (C=O) groups is 1. The Morgan fingerprint density at radius 2 is 1.75 bits per heavy atom. The Labute approximate surface area is 115 Å². The molecule has 0 aliphatic rings. The number of aromatic nitrogens is 2. The van der Waals surface area contributed by atoms with Gasteiger partial charge in [0.2, 0.25) is 0 Å². The first kappa shape index (κ1) is 13.6. The largest absolute Gasteiger partial charge is 0.493 e. The van der Waals surface area contributed by atoms with Gasteiger partial charge in [0.05, 0.1) is 37.9 Å². The van der Waals surface area contributed by atoms with Crippen LogP contribution in [0.15, 0.2) is 30.9 Å². The number of rotatable bonds is 4. The minimum atomic E-state index is -0.377. The lowest BCUT2D eigenvalue weighted by molar-refractivity contribution is 0.102. The van der Waals surface area contributed by atoms with Crippen LogP contribution in [0, 0.1) is 0 Å². The summed E-state index contributed by atoms with van der Waals surface area (Å²) in [5, 5.41) is 2.65. The molecule has 3 N–H and O–H groups in total. The highest BCUT2D eigenvalue weighted by Crippen LogP contribution is 2.32. The van der Waals surface area contributed by atoms with Crippen LogP contribution in [0.5, 0.6) is 11.5 Å². The number of nitrogen functional groups attached to an aromatic ring is 1. The fourth-order valence-electron chi connectivity index (χ4n) is 1.65. The number of nitrogens with zero attached hydrogens (tertiary/aromatic N) is 2. The van der Waals surface area contributed by atoms with Crippen molar-refractivity contribution in [2.24, 2.45) is 0 Å². The molecule has 0 fully saturated rings. The van der Waals surface area contributed by atoms with E-state index >= 15 is 0 Å². The third-order valence-corrected chi connectivity index (χ3v) is 2.62. The normalized spacial score (nSPS) is 9.90. The van der Waals surface area contributed by atoms with E-state index in [1.165, 1.54) is 45.1 Å². The molecule has 0 aliphatic heterocycles. The van der Waals surface area contributed by atoms with Crippen molar-refractivity contribution in [2.45, 2.75) is 0 Å². The van der Waals surface area contributed by atoms with Gasteiger partial charge >= 0.3 is 0 Å². The van der Waals surface area contributed by atoms with Crippen molar-refractivity contribution in [2.75, 3.05) is 25.3 Å². The van der Waals surface area contributed by atoms with E-state index in [4.69, 9.17) is 15.2 Å². The number of hydrogen-bond acceptors (Lipinski definition) is 6. The maximum atomic E-state index is 12.2. The van der Waals surface area contributed by atoms with E-state index < -0.39 is 0 Å². The SMILES string of the molecule is COc1cc(N)c(C(=O)Nc2cncnc2)cc1OC. The van der Waals surface area contributed by atoms with Crippen LogP contribution in [0.1, 0.15) is 10.4 Å². The summed E-state index contributed by atoms with van der Waals surface area (Å²) < 4.78 is 10.3. The average Bonchev–Trinajstić information content (AvgIpc) is 2.47. The summed E-state index contributed by atoms with van der Waals surface area (Å²) in [5.41, 5.74) is 6.90. The second kappa shape index (κ2) is 5.87. The lowest BCUT2D eigenvalue weighted by Gasteiger charge is -2.12. The van der Waals surface area contributed by atoms with E-state index in [2.05, 4.69) is 15.3 Å². The summed E-state index contributed by atoms with van der Waals surface area (Å²) >= 11 is 0. The van der Waals surface area contributed by atoms with Gasteiger partial charge in [0.15, 0.2) is 11.5 Å². The first-order valence-corrected chi connectivity index (χ1v) is 5.73. The molecule has 1 aromatic carbocycles. The van der Waals surface area contributed by atoms with Crippen LogP contribution in [0.3, 0.4) is 0 Å². The summed E-state index contributed by atoms with van der Waals surface area (Å²) in [4.78, 5) is 19.8. The molecule has 1 amide bonds. The molecule has 104 valence electrons. The molecule has 20 heavy (non-hydrogen) atoms. The van der Waals surface area contributed by atoms with E-state index in [1.54, 1.807) is 0 Å². The molecule has 1 aromatic heterocycles. The summed E-state index contributed by atoms with van der Waals surface area (Å²) in [6, 6.07) is 3.06. The van der Waals surface area contributed by atoms with Gasteiger partial charge in [0.25, 0.3) is 5.91 Å². The van der Waals surface area contributed by atoms with Crippen LogP contribution >= 0.6 is 0 Å². The molecule has 7 heteroatoms. The quantitative estimate of drug-likeness (QED) is 0.816.